The van der Waals surface area contributed by atoms with Crippen LogP contribution in [0.2, 0.25) is 0 Å². The monoisotopic (exact) mass is 388 g/mol. The Balaban J connectivity index is 1.39. The molecule has 0 spiro atoms. The zero-order valence-electron chi connectivity index (χ0n) is 16.2. The van der Waals surface area contributed by atoms with Gasteiger partial charge in [-0.2, -0.15) is 0 Å². The fraction of sp³-hybridized carbons (Fsp3) is 0.217. The number of hydrogen-bond donors (Lipinski definition) is 2. The molecular weight excluding hydrogens is 364 g/mol. The first-order valence-corrected chi connectivity index (χ1v) is 9.76. The summed E-state index contributed by atoms with van der Waals surface area (Å²) in [5, 5.41) is 6.28. The van der Waals surface area contributed by atoms with E-state index >= 15 is 0 Å². The van der Waals surface area contributed by atoms with Crippen molar-refractivity contribution in [3.8, 4) is 0 Å². The number of benzene rings is 2. The van der Waals surface area contributed by atoms with Gasteiger partial charge in [-0.3, -0.25) is 4.79 Å². The number of morpholine rings is 1. The molecule has 1 aliphatic rings. The number of amides is 1. The van der Waals surface area contributed by atoms with Gasteiger partial charge in [-0.15, -0.1) is 0 Å². The van der Waals surface area contributed by atoms with Crippen LogP contribution in [-0.2, 0) is 16.0 Å². The van der Waals surface area contributed by atoms with E-state index in [1.807, 2.05) is 60.7 Å². The van der Waals surface area contributed by atoms with Crippen LogP contribution in [0.5, 0.6) is 0 Å². The maximum Gasteiger partial charge on any atom is 0.228 e. The summed E-state index contributed by atoms with van der Waals surface area (Å²) in [4.78, 5) is 19.0. The normalized spacial score (nSPS) is 13.7. The van der Waals surface area contributed by atoms with Crippen molar-refractivity contribution in [3.05, 3.63) is 78.5 Å². The van der Waals surface area contributed by atoms with Crippen molar-refractivity contribution in [1.29, 1.82) is 0 Å². The predicted octanol–water partition coefficient (Wildman–Crippen LogP) is 3.84. The Morgan fingerprint density at radius 3 is 2.48 bits per heavy atom. The Kier molecular flexibility index (Phi) is 6.02. The fourth-order valence-corrected chi connectivity index (χ4v) is 3.33. The zero-order valence-corrected chi connectivity index (χ0v) is 16.2. The van der Waals surface area contributed by atoms with Gasteiger partial charge in [-0.05, 0) is 29.8 Å². The van der Waals surface area contributed by atoms with Crippen molar-refractivity contribution >= 4 is 28.8 Å². The lowest BCUT2D eigenvalue weighted by Gasteiger charge is -2.30. The molecule has 0 radical (unpaired) electrons. The van der Waals surface area contributed by atoms with Crippen molar-refractivity contribution in [3.63, 3.8) is 0 Å². The standard InChI is InChI=1S/C23H24N4O2/c28-23(16-18-6-2-1-3-7-18)25-19-10-11-22(24-17-19)26-20-8-4-5-9-21(20)27-12-14-29-15-13-27/h1-11,17H,12-16H2,(H,24,26)(H,25,28). The Bertz CT molecular complexity index is 939. The number of anilines is 4. The number of rotatable bonds is 6. The van der Waals surface area contributed by atoms with Gasteiger partial charge in [0.25, 0.3) is 0 Å². The van der Waals surface area contributed by atoms with Gasteiger partial charge in [0.1, 0.15) is 5.82 Å². The van der Waals surface area contributed by atoms with Crippen LogP contribution in [0.1, 0.15) is 5.56 Å². The van der Waals surface area contributed by atoms with Crippen LogP contribution < -0.4 is 15.5 Å². The maximum absolute atomic E-state index is 12.2. The number of nitrogens with zero attached hydrogens (tertiary/aromatic N) is 2. The molecule has 148 valence electrons. The van der Waals surface area contributed by atoms with E-state index in [-0.39, 0.29) is 5.91 Å². The van der Waals surface area contributed by atoms with Crippen molar-refractivity contribution < 1.29 is 9.53 Å². The van der Waals surface area contributed by atoms with Crippen molar-refractivity contribution in [1.82, 2.24) is 4.98 Å². The van der Waals surface area contributed by atoms with Gasteiger partial charge < -0.3 is 20.3 Å². The smallest absolute Gasteiger partial charge is 0.228 e. The summed E-state index contributed by atoms with van der Waals surface area (Å²) in [5.41, 5.74) is 3.80. The molecule has 3 aromatic rings. The van der Waals surface area contributed by atoms with Gasteiger partial charge in [-0.1, -0.05) is 42.5 Å². The van der Waals surface area contributed by atoms with Crippen LogP contribution in [0.3, 0.4) is 0 Å². The molecule has 1 aliphatic heterocycles. The molecule has 1 aromatic heterocycles. The Morgan fingerprint density at radius 1 is 0.966 bits per heavy atom. The van der Waals surface area contributed by atoms with Crippen LogP contribution in [-0.4, -0.2) is 37.2 Å². The summed E-state index contributed by atoms with van der Waals surface area (Å²) in [7, 11) is 0. The Hall–Kier alpha value is -3.38. The minimum atomic E-state index is -0.0589. The van der Waals surface area contributed by atoms with E-state index < -0.39 is 0 Å². The number of carbonyl (C=O) groups is 1. The van der Waals surface area contributed by atoms with Gasteiger partial charge in [0.15, 0.2) is 0 Å². The number of carbonyl (C=O) groups excluding carboxylic acids is 1. The second kappa shape index (κ2) is 9.21. The highest BCUT2D eigenvalue weighted by Crippen LogP contribution is 2.28. The molecule has 6 heteroatoms. The SMILES string of the molecule is O=C(Cc1ccccc1)Nc1ccc(Nc2ccccc2N2CCOCC2)nc1. The molecule has 2 aromatic carbocycles. The second-order valence-corrected chi connectivity index (χ2v) is 6.88. The van der Waals surface area contributed by atoms with Crippen LogP contribution in [0.4, 0.5) is 22.9 Å². The third-order valence-corrected chi connectivity index (χ3v) is 4.77. The van der Waals surface area contributed by atoms with Crippen molar-refractivity contribution in [2.75, 3.05) is 41.8 Å². The first-order chi connectivity index (χ1) is 14.3. The van der Waals surface area contributed by atoms with Crippen LogP contribution >= 0.6 is 0 Å². The van der Waals surface area contributed by atoms with E-state index in [2.05, 4.69) is 26.6 Å². The first-order valence-electron chi connectivity index (χ1n) is 9.76. The lowest BCUT2D eigenvalue weighted by molar-refractivity contribution is -0.115. The van der Waals surface area contributed by atoms with Crippen LogP contribution in [0, 0.1) is 0 Å². The lowest BCUT2D eigenvalue weighted by Crippen LogP contribution is -2.36. The number of aromatic nitrogens is 1. The van der Waals surface area contributed by atoms with Gasteiger partial charge in [0, 0.05) is 13.1 Å². The van der Waals surface area contributed by atoms with Crippen molar-refractivity contribution in [2.24, 2.45) is 0 Å². The quantitative estimate of drug-likeness (QED) is 0.672. The molecule has 1 amide bonds. The zero-order chi connectivity index (χ0) is 19.9. The molecule has 6 nitrogen and oxygen atoms in total. The lowest BCUT2D eigenvalue weighted by atomic mass is 10.1. The van der Waals surface area contributed by atoms with E-state index in [4.69, 9.17) is 4.74 Å². The molecule has 2 N–H and O–H groups in total. The molecule has 0 saturated carbocycles. The molecule has 4 rings (SSSR count). The average molecular weight is 388 g/mol. The molecule has 0 bridgehead atoms. The van der Waals surface area contributed by atoms with E-state index in [0.717, 1.165) is 49.1 Å². The summed E-state index contributed by atoms with van der Waals surface area (Å²) in [5.74, 6) is 0.670. The van der Waals surface area contributed by atoms with E-state index in [0.29, 0.717) is 12.1 Å². The van der Waals surface area contributed by atoms with Gasteiger partial charge in [-0.25, -0.2) is 4.98 Å². The number of ether oxygens (including phenoxy) is 1. The summed E-state index contributed by atoms with van der Waals surface area (Å²) in [6, 6.07) is 21.6. The number of para-hydroxylation sites is 2. The van der Waals surface area contributed by atoms with Gasteiger partial charge >= 0.3 is 0 Å². The van der Waals surface area contributed by atoms with Crippen molar-refractivity contribution in [2.45, 2.75) is 6.42 Å². The molecule has 0 atom stereocenters. The molecular formula is C23H24N4O2. The first kappa shape index (κ1) is 19.0. The third kappa shape index (κ3) is 5.12. The van der Waals surface area contributed by atoms with Crippen LogP contribution in [0.25, 0.3) is 0 Å². The van der Waals surface area contributed by atoms with E-state index in [1.54, 1.807) is 6.20 Å². The minimum Gasteiger partial charge on any atom is -0.378 e. The van der Waals surface area contributed by atoms with E-state index in [1.165, 1.54) is 0 Å². The molecule has 0 unspecified atom stereocenters. The second-order valence-electron chi connectivity index (χ2n) is 6.88. The highest BCUT2D eigenvalue weighted by molar-refractivity contribution is 5.92. The summed E-state index contributed by atoms with van der Waals surface area (Å²) in [6.07, 6.45) is 2.01. The van der Waals surface area contributed by atoms with Gasteiger partial charge in [0.2, 0.25) is 5.91 Å². The van der Waals surface area contributed by atoms with Crippen LogP contribution in [0.15, 0.2) is 72.9 Å². The van der Waals surface area contributed by atoms with E-state index in [9.17, 15) is 4.79 Å². The fourth-order valence-electron chi connectivity index (χ4n) is 3.33. The summed E-state index contributed by atoms with van der Waals surface area (Å²) >= 11 is 0. The maximum atomic E-state index is 12.2. The molecule has 0 aliphatic carbocycles. The topological polar surface area (TPSA) is 66.5 Å². The third-order valence-electron chi connectivity index (χ3n) is 4.77. The average Bonchev–Trinajstić information content (AvgIpc) is 2.77. The number of nitrogens with one attached hydrogen (secondary N) is 2. The summed E-state index contributed by atoms with van der Waals surface area (Å²) in [6.45, 7) is 3.23. The minimum absolute atomic E-state index is 0.0589. The summed E-state index contributed by atoms with van der Waals surface area (Å²) < 4.78 is 5.45. The molecule has 1 fully saturated rings. The highest BCUT2D eigenvalue weighted by Gasteiger charge is 2.14. The Morgan fingerprint density at radius 2 is 1.72 bits per heavy atom. The molecule has 29 heavy (non-hydrogen) atoms. The highest BCUT2D eigenvalue weighted by atomic mass is 16.5. The Labute approximate surface area is 170 Å². The number of pyridine rings is 1. The predicted molar refractivity (Wildman–Crippen MR) is 116 cm³/mol. The molecule has 1 saturated heterocycles. The van der Waals surface area contributed by atoms with Gasteiger partial charge in [0.05, 0.1) is 42.9 Å². The number of hydrogen-bond acceptors (Lipinski definition) is 5. The molecule has 2 heterocycles. The largest absolute Gasteiger partial charge is 0.378 e.